The number of aromatic nitrogens is 1. The minimum absolute atomic E-state index is 0.0722. The van der Waals surface area contributed by atoms with E-state index in [0.717, 1.165) is 12.8 Å². The molecule has 1 aromatic heterocycles. The summed E-state index contributed by atoms with van der Waals surface area (Å²) in [4.78, 5) is 0. The number of allylic oxidation sites excluding steroid dienone is 1. The van der Waals surface area contributed by atoms with Crippen molar-refractivity contribution in [2.24, 2.45) is 5.41 Å². The summed E-state index contributed by atoms with van der Waals surface area (Å²) in [5.41, 5.74) is 13.1. The van der Waals surface area contributed by atoms with Gasteiger partial charge in [0.15, 0.2) is 11.7 Å². The van der Waals surface area contributed by atoms with Gasteiger partial charge in [-0.3, -0.25) is 0 Å². The zero-order valence-electron chi connectivity index (χ0n) is 27.8. The van der Waals surface area contributed by atoms with Crippen LogP contribution >= 0.6 is 0 Å². The van der Waals surface area contributed by atoms with Crippen molar-refractivity contribution in [1.29, 1.82) is 0 Å². The zero-order chi connectivity index (χ0) is 31.2. The van der Waals surface area contributed by atoms with Gasteiger partial charge in [-0.05, 0) is 84.8 Å². The molecule has 0 unspecified atom stereocenters. The molecule has 0 bridgehead atoms. The van der Waals surface area contributed by atoms with Gasteiger partial charge in [0, 0.05) is 29.9 Å². The molecule has 0 saturated heterocycles. The first-order valence-electron chi connectivity index (χ1n) is 16.4. The van der Waals surface area contributed by atoms with E-state index in [1.54, 1.807) is 0 Å². The summed E-state index contributed by atoms with van der Waals surface area (Å²) in [5.74, 6) is 0. The second kappa shape index (κ2) is 9.51. The van der Waals surface area contributed by atoms with E-state index in [9.17, 15) is 0 Å². The Labute approximate surface area is 264 Å². The molecule has 2 aliphatic rings. The number of pyridine rings is 1. The van der Waals surface area contributed by atoms with Gasteiger partial charge in [0.1, 0.15) is 0 Å². The largest absolute Gasteiger partial charge is 0.214 e. The van der Waals surface area contributed by atoms with Crippen LogP contribution in [0.4, 0.5) is 0 Å². The van der Waals surface area contributed by atoms with Crippen molar-refractivity contribution in [2.45, 2.75) is 84.6 Å². The van der Waals surface area contributed by atoms with E-state index in [1.807, 2.05) is 0 Å². The minimum atomic E-state index is -0.154. The molecule has 5 aromatic rings. The molecular weight excluding hydrogens is 530 g/mol. The van der Waals surface area contributed by atoms with Crippen LogP contribution in [0.25, 0.3) is 49.9 Å². The SMILES string of the molecule is C=C1c2ccc(-c3cccc(-c4ccccc4)c3)cc2-c2cc3cc4c(cc3c[n+]2C1(CC)CC)C(C)(C)C(C)(C)C4(C)C. The fourth-order valence-corrected chi connectivity index (χ4v) is 8.47. The second-order valence-corrected chi connectivity index (χ2v) is 14.9. The molecule has 0 saturated carbocycles. The van der Waals surface area contributed by atoms with Crippen LogP contribution in [0.5, 0.6) is 0 Å². The standard InChI is InChI=1S/C43H46N/c1-10-43(11-2)28(3)35-21-20-32(31-19-15-18-30(22-31)29-16-13-12-14-17-29)23-36(35)39-26-33-24-37-38(25-34(33)27-44(39)43)41(6,7)42(8,9)40(37,4)5/h12-27H,3,10-11H2,1-2,4-9H3/q+1. The van der Waals surface area contributed by atoms with Crippen molar-refractivity contribution in [1.82, 2.24) is 0 Å². The first-order valence-corrected chi connectivity index (χ1v) is 16.4. The summed E-state index contributed by atoms with van der Waals surface area (Å²) >= 11 is 0. The molecule has 0 atom stereocenters. The van der Waals surface area contributed by atoms with Gasteiger partial charge in [0.2, 0.25) is 5.69 Å². The maximum atomic E-state index is 4.78. The van der Waals surface area contributed by atoms with E-state index < -0.39 is 0 Å². The van der Waals surface area contributed by atoms with E-state index in [1.165, 1.54) is 66.5 Å². The predicted molar refractivity (Wildman–Crippen MR) is 188 cm³/mol. The first-order chi connectivity index (χ1) is 20.9. The second-order valence-electron chi connectivity index (χ2n) is 14.9. The highest BCUT2D eigenvalue weighted by Gasteiger charge is 2.57. The zero-order valence-corrected chi connectivity index (χ0v) is 27.8. The highest BCUT2D eigenvalue weighted by atomic mass is 15.1. The van der Waals surface area contributed by atoms with Gasteiger partial charge < -0.3 is 0 Å². The van der Waals surface area contributed by atoms with Crippen LogP contribution in [-0.2, 0) is 16.4 Å². The maximum Gasteiger partial charge on any atom is 0.214 e. The highest BCUT2D eigenvalue weighted by molar-refractivity contribution is 5.92. The van der Waals surface area contributed by atoms with E-state index in [0.29, 0.717) is 0 Å². The van der Waals surface area contributed by atoms with Gasteiger partial charge in [-0.15, -0.1) is 0 Å². The molecule has 1 nitrogen and oxygen atoms in total. The highest BCUT2D eigenvalue weighted by Crippen LogP contribution is 2.62. The summed E-state index contributed by atoms with van der Waals surface area (Å²) < 4.78 is 2.58. The average molecular weight is 577 g/mol. The van der Waals surface area contributed by atoms with Gasteiger partial charge in [0.25, 0.3) is 0 Å². The number of hydrogen-bond donors (Lipinski definition) is 0. The van der Waals surface area contributed by atoms with Gasteiger partial charge in [-0.1, -0.05) is 123 Å². The van der Waals surface area contributed by atoms with Crippen LogP contribution in [0.2, 0.25) is 0 Å². The Morgan fingerprint density at radius 2 is 1.14 bits per heavy atom. The fourth-order valence-electron chi connectivity index (χ4n) is 8.47. The Morgan fingerprint density at radius 3 is 1.77 bits per heavy atom. The number of rotatable bonds is 4. The molecule has 4 aromatic carbocycles. The van der Waals surface area contributed by atoms with Crippen molar-refractivity contribution in [3.8, 4) is 33.5 Å². The van der Waals surface area contributed by atoms with Crippen molar-refractivity contribution < 1.29 is 4.57 Å². The van der Waals surface area contributed by atoms with E-state index in [4.69, 9.17) is 6.58 Å². The molecule has 222 valence electrons. The molecule has 44 heavy (non-hydrogen) atoms. The molecule has 2 heterocycles. The van der Waals surface area contributed by atoms with Gasteiger partial charge in [-0.2, -0.15) is 4.57 Å². The van der Waals surface area contributed by atoms with Crippen LogP contribution in [0.3, 0.4) is 0 Å². The van der Waals surface area contributed by atoms with Crippen LogP contribution in [0.15, 0.2) is 104 Å². The Balaban J connectivity index is 1.46. The summed E-state index contributed by atoms with van der Waals surface area (Å²) in [6.07, 6.45) is 4.45. The van der Waals surface area contributed by atoms with Crippen molar-refractivity contribution in [3.63, 3.8) is 0 Å². The van der Waals surface area contributed by atoms with Crippen LogP contribution in [0, 0.1) is 5.41 Å². The van der Waals surface area contributed by atoms with Crippen molar-refractivity contribution in [2.75, 3.05) is 0 Å². The van der Waals surface area contributed by atoms with E-state index >= 15 is 0 Å². The quantitative estimate of drug-likeness (QED) is 0.187. The lowest BCUT2D eigenvalue weighted by atomic mass is 9.59. The molecule has 1 aliphatic heterocycles. The normalized spacial score (nSPS) is 18.5. The topological polar surface area (TPSA) is 3.88 Å². The number of fused-ring (bicyclic) bond motifs is 5. The molecule has 0 fully saturated rings. The molecule has 0 amide bonds. The monoisotopic (exact) mass is 576 g/mol. The third kappa shape index (κ3) is 3.68. The molecule has 0 N–H and O–H groups in total. The summed E-state index contributed by atoms with van der Waals surface area (Å²) in [6, 6.07) is 34.1. The Bertz CT molecular complexity index is 1960. The van der Waals surface area contributed by atoms with Crippen LogP contribution < -0.4 is 4.57 Å². The molecule has 7 rings (SSSR count). The van der Waals surface area contributed by atoms with E-state index in [-0.39, 0.29) is 21.8 Å². The predicted octanol–water partition coefficient (Wildman–Crippen LogP) is 11.3. The lowest BCUT2D eigenvalue weighted by molar-refractivity contribution is -0.740. The van der Waals surface area contributed by atoms with Gasteiger partial charge in [0.05, 0.1) is 5.56 Å². The number of hydrogen-bond acceptors (Lipinski definition) is 0. The third-order valence-corrected chi connectivity index (χ3v) is 12.6. The summed E-state index contributed by atoms with van der Waals surface area (Å²) in [5, 5.41) is 2.65. The lowest BCUT2D eigenvalue weighted by Gasteiger charge is -2.44. The molecule has 0 radical (unpaired) electrons. The van der Waals surface area contributed by atoms with E-state index in [2.05, 4.69) is 157 Å². The number of benzene rings is 4. The van der Waals surface area contributed by atoms with Gasteiger partial charge >= 0.3 is 0 Å². The first kappa shape index (κ1) is 28.8. The Morgan fingerprint density at radius 1 is 0.568 bits per heavy atom. The smallest absolute Gasteiger partial charge is 0.188 e. The van der Waals surface area contributed by atoms with Crippen molar-refractivity contribution in [3.05, 3.63) is 120 Å². The molecule has 1 heteroatoms. The average Bonchev–Trinajstić information content (AvgIpc) is 3.13. The Hall–Kier alpha value is -3.97. The molecule has 1 aliphatic carbocycles. The van der Waals surface area contributed by atoms with Crippen LogP contribution in [0.1, 0.15) is 84.9 Å². The lowest BCUT2D eigenvalue weighted by Crippen LogP contribution is -2.59. The number of nitrogens with zero attached hydrogens (tertiary/aromatic N) is 1. The molecule has 0 spiro atoms. The van der Waals surface area contributed by atoms with Gasteiger partial charge in [-0.25, -0.2) is 0 Å². The Kier molecular flexibility index (Phi) is 6.22. The summed E-state index contributed by atoms with van der Waals surface area (Å²) in [7, 11) is 0. The minimum Gasteiger partial charge on any atom is -0.188 e. The van der Waals surface area contributed by atoms with Crippen molar-refractivity contribution >= 4 is 16.3 Å². The summed E-state index contributed by atoms with van der Waals surface area (Å²) in [6.45, 7) is 24.1. The molecular formula is C43H46N+. The fraction of sp³-hybridized carbons (Fsp3) is 0.326. The maximum absolute atomic E-state index is 4.78. The van der Waals surface area contributed by atoms with Crippen LogP contribution in [-0.4, -0.2) is 0 Å². The third-order valence-electron chi connectivity index (χ3n) is 12.6.